The minimum atomic E-state index is -1.46. The summed E-state index contributed by atoms with van der Waals surface area (Å²) in [7, 11) is 0. The molecule has 3 rings (SSSR count). The van der Waals surface area contributed by atoms with Gasteiger partial charge in [-0.15, -0.1) is 0 Å². The number of aromatic amines is 1. The Morgan fingerprint density at radius 3 is 1.90 bits per heavy atom. The standard InChI is InChI=1S/C23H26N2O5/c1-18-12-25(22(27)24-21(18)26)15-23(28,16-29-13-19-8-4-2-5-9-19)17-30-14-20-10-6-3-7-11-20/h2-12,28H,13-17H2,1H3,(H,24,26,27). The zero-order valence-electron chi connectivity index (χ0n) is 16.9. The van der Waals surface area contributed by atoms with Crippen molar-refractivity contribution in [2.75, 3.05) is 13.2 Å². The largest absolute Gasteiger partial charge is 0.383 e. The molecule has 0 atom stereocenters. The SMILES string of the molecule is Cc1cn(CC(O)(COCc2ccccc2)COCc2ccccc2)c(=O)[nH]c1=O. The van der Waals surface area contributed by atoms with E-state index in [1.807, 2.05) is 60.7 Å². The lowest BCUT2D eigenvalue weighted by molar-refractivity contribution is -0.111. The Balaban J connectivity index is 1.70. The maximum atomic E-state index is 12.2. The van der Waals surface area contributed by atoms with E-state index in [9.17, 15) is 14.7 Å². The number of nitrogens with zero attached hydrogens (tertiary/aromatic N) is 1. The van der Waals surface area contributed by atoms with Crippen LogP contribution in [-0.4, -0.2) is 33.5 Å². The van der Waals surface area contributed by atoms with Gasteiger partial charge in [0.15, 0.2) is 0 Å². The Bertz CT molecular complexity index is 999. The van der Waals surface area contributed by atoms with Crippen molar-refractivity contribution < 1.29 is 14.6 Å². The van der Waals surface area contributed by atoms with Crippen molar-refractivity contribution in [3.05, 3.63) is 104 Å². The molecular weight excluding hydrogens is 384 g/mol. The van der Waals surface area contributed by atoms with E-state index in [0.717, 1.165) is 11.1 Å². The van der Waals surface area contributed by atoms with Crippen molar-refractivity contribution in [2.24, 2.45) is 0 Å². The van der Waals surface area contributed by atoms with E-state index in [2.05, 4.69) is 4.98 Å². The molecule has 0 unspecified atom stereocenters. The number of hydrogen-bond acceptors (Lipinski definition) is 5. The van der Waals surface area contributed by atoms with Crippen LogP contribution in [0.15, 0.2) is 76.4 Å². The molecule has 30 heavy (non-hydrogen) atoms. The quantitative estimate of drug-likeness (QED) is 0.533. The molecule has 1 aromatic heterocycles. The van der Waals surface area contributed by atoms with Crippen LogP contribution in [0.4, 0.5) is 0 Å². The van der Waals surface area contributed by atoms with Crippen LogP contribution in [0.2, 0.25) is 0 Å². The summed E-state index contributed by atoms with van der Waals surface area (Å²) in [5, 5.41) is 11.2. The lowest BCUT2D eigenvalue weighted by atomic mass is 10.1. The molecule has 0 saturated heterocycles. The number of hydrogen-bond donors (Lipinski definition) is 2. The highest BCUT2D eigenvalue weighted by Crippen LogP contribution is 2.13. The molecule has 0 aliphatic rings. The zero-order valence-corrected chi connectivity index (χ0v) is 16.9. The normalized spacial score (nSPS) is 11.5. The third-order valence-electron chi connectivity index (χ3n) is 4.62. The van der Waals surface area contributed by atoms with Gasteiger partial charge in [-0.1, -0.05) is 60.7 Å². The molecule has 2 N–H and O–H groups in total. The Labute approximate surface area is 174 Å². The minimum Gasteiger partial charge on any atom is -0.383 e. The average Bonchev–Trinajstić information content (AvgIpc) is 2.74. The highest BCUT2D eigenvalue weighted by atomic mass is 16.5. The first-order chi connectivity index (χ1) is 14.5. The first kappa shape index (κ1) is 21.7. The van der Waals surface area contributed by atoms with Crippen LogP contribution in [0.5, 0.6) is 0 Å². The monoisotopic (exact) mass is 410 g/mol. The van der Waals surface area contributed by atoms with Crippen molar-refractivity contribution in [1.82, 2.24) is 9.55 Å². The van der Waals surface area contributed by atoms with Crippen molar-refractivity contribution >= 4 is 0 Å². The summed E-state index contributed by atoms with van der Waals surface area (Å²) < 4.78 is 12.7. The average molecular weight is 410 g/mol. The fourth-order valence-electron chi connectivity index (χ4n) is 3.05. The predicted molar refractivity (Wildman–Crippen MR) is 113 cm³/mol. The van der Waals surface area contributed by atoms with Crippen LogP contribution in [0.3, 0.4) is 0 Å². The van der Waals surface area contributed by atoms with Crippen molar-refractivity contribution in [3.63, 3.8) is 0 Å². The van der Waals surface area contributed by atoms with Crippen LogP contribution < -0.4 is 11.2 Å². The van der Waals surface area contributed by atoms with E-state index in [4.69, 9.17) is 9.47 Å². The summed E-state index contributed by atoms with van der Waals surface area (Å²) in [5.41, 5.74) is -0.162. The molecule has 0 fully saturated rings. The summed E-state index contributed by atoms with van der Waals surface area (Å²) in [4.78, 5) is 26.1. The van der Waals surface area contributed by atoms with E-state index in [0.29, 0.717) is 18.8 Å². The fourth-order valence-corrected chi connectivity index (χ4v) is 3.05. The van der Waals surface area contributed by atoms with Crippen LogP contribution in [0, 0.1) is 6.92 Å². The van der Waals surface area contributed by atoms with E-state index >= 15 is 0 Å². The van der Waals surface area contributed by atoms with Gasteiger partial charge < -0.3 is 14.6 Å². The number of aryl methyl sites for hydroxylation is 1. The maximum Gasteiger partial charge on any atom is 0.328 e. The van der Waals surface area contributed by atoms with Crippen LogP contribution in [0.1, 0.15) is 16.7 Å². The van der Waals surface area contributed by atoms with E-state index in [1.165, 1.54) is 10.8 Å². The third-order valence-corrected chi connectivity index (χ3v) is 4.62. The Morgan fingerprint density at radius 1 is 0.900 bits per heavy atom. The second-order valence-corrected chi connectivity index (χ2v) is 7.38. The van der Waals surface area contributed by atoms with Crippen molar-refractivity contribution in [3.8, 4) is 0 Å². The molecule has 0 aliphatic heterocycles. The minimum absolute atomic E-state index is 0.0404. The second-order valence-electron chi connectivity index (χ2n) is 7.38. The van der Waals surface area contributed by atoms with Gasteiger partial charge in [0.25, 0.3) is 5.56 Å². The molecule has 0 aliphatic carbocycles. The molecule has 0 radical (unpaired) electrons. The maximum absolute atomic E-state index is 12.2. The number of ether oxygens (including phenoxy) is 2. The third kappa shape index (κ3) is 6.25. The summed E-state index contributed by atoms with van der Waals surface area (Å²) in [5.74, 6) is 0. The predicted octanol–water partition coefficient (Wildman–Crippen LogP) is 2.01. The molecule has 7 heteroatoms. The molecule has 1 heterocycles. The lowest BCUT2D eigenvalue weighted by Gasteiger charge is -2.28. The molecule has 0 bridgehead atoms. The fraction of sp³-hybridized carbons (Fsp3) is 0.304. The summed E-state index contributed by atoms with van der Waals surface area (Å²) in [6.07, 6.45) is 1.43. The van der Waals surface area contributed by atoms with Crippen molar-refractivity contribution in [2.45, 2.75) is 32.3 Å². The van der Waals surface area contributed by atoms with Gasteiger partial charge in [-0.25, -0.2) is 4.79 Å². The molecule has 0 saturated carbocycles. The number of benzene rings is 2. The van der Waals surface area contributed by atoms with Crippen molar-refractivity contribution in [1.29, 1.82) is 0 Å². The van der Waals surface area contributed by atoms with Gasteiger partial charge in [0, 0.05) is 11.8 Å². The first-order valence-electron chi connectivity index (χ1n) is 9.71. The Kier molecular flexibility index (Phi) is 7.35. The number of H-pyrrole nitrogens is 1. The van der Waals surface area contributed by atoms with Gasteiger partial charge in [0.05, 0.1) is 33.0 Å². The summed E-state index contributed by atoms with van der Waals surface area (Å²) >= 11 is 0. The number of aliphatic hydroxyl groups is 1. The second kappa shape index (κ2) is 10.2. The Hall–Kier alpha value is -3.00. The molecule has 158 valence electrons. The molecule has 3 aromatic rings. The Morgan fingerprint density at radius 2 is 1.40 bits per heavy atom. The zero-order chi connectivity index (χ0) is 21.4. The van der Waals surface area contributed by atoms with E-state index in [-0.39, 0.29) is 19.8 Å². The van der Waals surface area contributed by atoms with Gasteiger partial charge >= 0.3 is 5.69 Å². The van der Waals surface area contributed by atoms with Gasteiger partial charge in [0.2, 0.25) is 0 Å². The number of rotatable bonds is 10. The van der Waals surface area contributed by atoms with E-state index < -0.39 is 16.9 Å². The molecule has 0 spiro atoms. The smallest absolute Gasteiger partial charge is 0.328 e. The number of aromatic nitrogens is 2. The van der Waals surface area contributed by atoms with Gasteiger partial charge in [0.1, 0.15) is 5.60 Å². The van der Waals surface area contributed by atoms with Gasteiger partial charge in [-0.2, -0.15) is 0 Å². The van der Waals surface area contributed by atoms with Gasteiger partial charge in [-0.3, -0.25) is 14.3 Å². The summed E-state index contributed by atoms with van der Waals surface area (Å²) in [6.45, 7) is 2.09. The summed E-state index contributed by atoms with van der Waals surface area (Å²) in [6, 6.07) is 19.2. The highest BCUT2D eigenvalue weighted by molar-refractivity contribution is 5.14. The van der Waals surface area contributed by atoms with Crippen LogP contribution >= 0.6 is 0 Å². The number of nitrogens with one attached hydrogen (secondary N) is 1. The lowest BCUT2D eigenvalue weighted by Crippen LogP contribution is -2.47. The van der Waals surface area contributed by atoms with Crippen LogP contribution in [0.25, 0.3) is 0 Å². The molecule has 2 aromatic carbocycles. The molecular formula is C23H26N2O5. The topological polar surface area (TPSA) is 93.6 Å². The first-order valence-corrected chi connectivity index (χ1v) is 9.71. The highest BCUT2D eigenvalue weighted by Gasteiger charge is 2.29. The van der Waals surface area contributed by atoms with Crippen LogP contribution in [-0.2, 0) is 29.2 Å². The van der Waals surface area contributed by atoms with Gasteiger partial charge in [-0.05, 0) is 18.1 Å². The molecule has 7 nitrogen and oxygen atoms in total. The van der Waals surface area contributed by atoms with E-state index in [1.54, 1.807) is 6.92 Å². The molecule has 0 amide bonds.